The second kappa shape index (κ2) is 9.70. The van der Waals surface area contributed by atoms with Crippen molar-refractivity contribution in [3.05, 3.63) is 57.0 Å². The molecule has 5 nitrogen and oxygen atoms in total. The molecule has 1 saturated carbocycles. The number of amides is 3. The Labute approximate surface area is 185 Å². The zero-order valence-electron chi connectivity index (χ0n) is 15.9. The average Bonchev–Trinajstić information content (AvgIpc) is 2.68. The van der Waals surface area contributed by atoms with E-state index in [1.54, 1.807) is 36.4 Å². The molecule has 3 rings (SSSR count). The van der Waals surface area contributed by atoms with Gasteiger partial charge >= 0.3 is 6.03 Å². The Kier molecular flexibility index (Phi) is 7.28. The van der Waals surface area contributed by atoms with Gasteiger partial charge in [-0.25, -0.2) is 4.79 Å². The van der Waals surface area contributed by atoms with Gasteiger partial charge in [0.2, 0.25) is 0 Å². The lowest BCUT2D eigenvalue weighted by molar-refractivity contribution is 0.0910. The van der Waals surface area contributed by atoms with Gasteiger partial charge in [-0.3, -0.25) is 4.79 Å². The van der Waals surface area contributed by atoms with Crippen LogP contribution in [0.1, 0.15) is 43.0 Å². The Hall–Kier alpha value is -1.95. The lowest BCUT2D eigenvalue weighted by Crippen LogP contribution is -2.41. The van der Waals surface area contributed by atoms with E-state index < -0.39 is 6.03 Å². The molecule has 2 aromatic rings. The van der Waals surface area contributed by atoms with E-state index in [0.29, 0.717) is 37.9 Å². The molecule has 2 aromatic carbocycles. The quantitative estimate of drug-likeness (QED) is 0.487. The van der Waals surface area contributed by atoms with Gasteiger partial charge in [-0.1, -0.05) is 54.6 Å². The minimum Gasteiger partial charge on any atom is -0.349 e. The molecular weight excluding hydrogens is 433 g/mol. The van der Waals surface area contributed by atoms with Crippen molar-refractivity contribution in [1.29, 1.82) is 0 Å². The van der Waals surface area contributed by atoms with E-state index in [4.69, 9.17) is 34.8 Å². The molecule has 0 aromatic heterocycles. The van der Waals surface area contributed by atoms with Gasteiger partial charge in [-0.2, -0.15) is 0 Å². The molecule has 1 aliphatic rings. The summed E-state index contributed by atoms with van der Waals surface area (Å²) in [6.07, 6.45) is 4.43. The monoisotopic (exact) mass is 453 g/mol. The molecular formula is C21H22Cl3N3O2. The molecule has 1 fully saturated rings. The lowest BCUT2D eigenvalue weighted by Gasteiger charge is -2.29. The predicted molar refractivity (Wildman–Crippen MR) is 119 cm³/mol. The zero-order chi connectivity index (χ0) is 21.0. The van der Waals surface area contributed by atoms with Crippen LogP contribution in [0.2, 0.25) is 15.1 Å². The zero-order valence-corrected chi connectivity index (χ0v) is 18.2. The number of hydrogen-bond donors (Lipinski definition) is 3. The van der Waals surface area contributed by atoms with Crippen LogP contribution in [0.25, 0.3) is 0 Å². The van der Waals surface area contributed by atoms with Crippen molar-refractivity contribution in [2.75, 3.05) is 10.6 Å². The van der Waals surface area contributed by atoms with Crippen molar-refractivity contribution in [1.82, 2.24) is 5.32 Å². The molecule has 0 unspecified atom stereocenters. The highest BCUT2D eigenvalue weighted by Gasteiger charge is 2.23. The number of nitrogens with one attached hydrogen (secondary N) is 3. The number of urea groups is 1. The van der Waals surface area contributed by atoms with E-state index in [9.17, 15) is 9.59 Å². The minimum atomic E-state index is -0.510. The largest absolute Gasteiger partial charge is 0.349 e. The first kappa shape index (κ1) is 21.8. The summed E-state index contributed by atoms with van der Waals surface area (Å²) in [6.45, 7) is 2.16. The van der Waals surface area contributed by atoms with Crippen LogP contribution in [0.4, 0.5) is 16.2 Å². The SMILES string of the molecule is C[C@@H]1CCCC[C@H]1NC(=O)c1ccc(Cl)c(NC(=O)Nc2ccc(Cl)c(Cl)c2)c1. The normalized spacial score (nSPS) is 18.8. The van der Waals surface area contributed by atoms with Crippen LogP contribution in [-0.2, 0) is 0 Å². The van der Waals surface area contributed by atoms with Crippen molar-refractivity contribution >= 4 is 58.1 Å². The smallest absolute Gasteiger partial charge is 0.323 e. The molecule has 0 aliphatic heterocycles. The maximum Gasteiger partial charge on any atom is 0.323 e. The molecule has 154 valence electrons. The fourth-order valence-electron chi connectivity index (χ4n) is 3.40. The van der Waals surface area contributed by atoms with Crippen LogP contribution >= 0.6 is 34.8 Å². The summed E-state index contributed by atoms with van der Waals surface area (Å²) < 4.78 is 0. The van der Waals surface area contributed by atoms with Gasteiger partial charge in [0.05, 0.1) is 20.8 Å². The van der Waals surface area contributed by atoms with Crippen molar-refractivity contribution in [2.45, 2.75) is 38.6 Å². The topological polar surface area (TPSA) is 70.2 Å². The summed E-state index contributed by atoms with van der Waals surface area (Å²) in [5.41, 5.74) is 1.26. The van der Waals surface area contributed by atoms with Gasteiger partial charge in [-0.15, -0.1) is 0 Å². The van der Waals surface area contributed by atoms with Crippen molar-refractivity contribution < 1.29 is 9.59 Å². The third-order valence-electron chi connectivity index (χ3n) is 5.08. The Bertz CT molecular complexity index is 920. The van der Waals surface area contributed by atoms with Crippen LogP contribution in [0, 0.1) is 5.92 Å². The Balaban J connectivity index is 1.67. The maximum atomic E-state index is 12.7. The van der Waals surface area contributed by atoms with Crippen molar-refractivity contribution in [3.63, 3.8) is 0 Å². The molecule has 0 radical (unpaired) electrons. The van der Waals surface area contributed by atoms with Gasteiger partial charge in [0.25, 0.3) is 5.91 Å². The van der Waals surface area contributed by atoms with Gasteiger partial charge in [0, 0.05) is 17.3 Å². The summed E-state index contributed by atoms with van der Waals surface area (Å²) in [5, 5.41) is 9.47. The van der Waals surface area contributed by atoms with E-state index in [-0.39, 0.29) is 11.9 Å². The molecule has 0 saturated heterocycles. The maximum absolute atomic E-state index is 12.7. The van der Waals surface area contributed by atoms with E-state index >= 15 is 0 Å². The number of benzene rings is 2. The van der Waals surface area contributed by atoms with E-state index in [1.165, 1.54) is 6.42 Å². The second-order valence-corrected chi connectivity index (χ2v) is 8.47. The summed E-state index contributed by atoms with van der Waals surface area (Å²) >= 11 is 18.0. The molecule has 3 amide bonds. The molecule has 3 N–H and O–H groups in total. The Morgan fingerprint density at radius 3 is 2.34 bits per heavy atom. The summed E-state index contributed by atoms with van der Waals surface area (Å²) in [6, 6.07) is 9.22. The molecule has 0 heterocycles. The first-order valence-electron chi connectivity index (χ1n) is 9.47. The second-order valence-electron chi connectivity index (χ2n) is 7.24. The molecule has 8 heteroatoms. The molecule has 0 bridgehead atoms. The minimum absolute atomic E-state index is 0.168. The van der Waals surface area contributed by atoms with Crippen LogP contribution in [0.3, 0.4) is 0 Å². The van der Waals surface area contributed by atoms with Gasteiger partial charge < -0.3 is 16.0 Å². The highest BCUT2D eigenvalue weighted by molar-refractivity contribution is 6.42. The van der Waals surface area contributed by atoms with E-state index in [0.717, 1.165) is 19.3 Å². The number of carbonyl (C=O) groups is 2. The van der Waals surface area contributed by atoms with E-state index in [1.807, 2.05) is 0 Å². The fraction of sp³-hybridized carbons (Fsp3) is 0.333. The highest BCUT2D eigenvalue weighted by atomic mass is 35.5. The van der Waals surface area contributed by atoms with Crippen LogP contribution < -0.4 is 16.0 Å². The third-order valence-corrected chi connectivity index (χ3v) is 6.15. The van der Waals surface area contributed by atoms with Crippen LogP contribution in [0.5, 0.6) is 0 Å². The number of carbonyl (C=O) groups excluding carboxylic acids is 2. The molecule has 2 atom stereocenters. The van der Waals surface area contributed by atoms with Crippen LogP contribution in [-0.4, -0.2) is 18.0 Å². The molecule has 29 heavy (non-hydrogen) atoms. The number of anilines is 2. The highest BCUT2D eigenvalue weighted by Crippen LogP contribution is 2.27. The summed E-state index contributed by atoms with van der Waals surface area (Å²) in [5.74, 6) is 0.280. The van der Waals surface area contributed by atoms with Gasteiger partial charge in [0.1, 0.15) is 0 Å². The number of halogens is 3. The van der Waals surface area contributed by atoms with E-state index in [2.05, 4.69) is 22.9 Å². The molecule has 1 aliphatic carbocycles. The average molecular weight is 455 g/mol. The molecule has 0 spiro atoms. The first-order chi connectivity index (χ1) is 13.8. The van der Waals surface area contributed by atoms with Gasteiger partial charge in [-0.05, 0) is 55.2 Å². The third kappa shape index (κ3) is 5.78. The van der Waals surface area contributed by atoms with Crippen molar-refractivity contribution in [2.24, 2.45) is 5.92 Å². The summed E-state index contributed by atoms with van der Waals surface area (Å²) in [4.78, 5) is 25.0. The van der Waals surface area contributed by atoms with Gasteiger partial charge in [0.15, 0.2) is 0 Å². The number of rotatable bonds is 4. The predicted octanol–water partition coefficient (Wildman–Crippen LogP) is 6.60. The first-order valence-corrected chi connectivity index (χ1v) is 10.6. The standard InChI is InChI=1S/C21H22Cl3N3O2/c1-12-4-2-3-5-18(12)26-20(28)13-6-8-16(23)19(10-13)27-21(29)25-14-7-9-15(22)17(24)11-14/h6-12,18H,2-5H2,1H3,(H,26,28)(H2,25,27,29)/t12-,18-/m1/s1. The Morgan fingerprint density at radius 2 is 1.62 bits per heavy atom. The van der Waals surface area contributed by atoms with Crippen LogP contribution in [0.15, 0.2) is 36.4 Å². The fourth-order valence-corrected chi connectivity index (χ4v) is 3.87. The Morgan fingerprint density at radius 1 is 0.897 bits per heavy atom. The van der Waals surface area contributed by atoms with Crippen molar-refractivity contribution in [3.8, 4) is 0 Å². The lowest BCUT2D eigenvalue weighted by atomic mass is 9.86. The summed E-state index contributed by atoms with van der Waals surface area (Å²) in [7, 11) is 0. The number of hydrogen-bond acceptors (Lipinski definition) is 2.